The molecule has 0 radical (unpaired) electrons. The third kappa shape index (κ3) is 2.53. The van der Waals surface area contributed by atoms with Crippen LogP contribution < -0.4 is 0 Å². The van der Waals surface area contributed by atoms with Gasteiger partial charge in [0.1, 0.15) is 0 Å². The van der Waals surface area contributed by atoms with E-state index in [-0.39, 0.29) is 17.3 Å². The van der Waals surface area contributed by atoms with Gasteiger partial charge in [-0.1, -0.05) is 26.7 Å². The minimum atomic E-state index is -0.303. The zero-order valence-electron chi connectivity index (χ0n) is 13.1. The summed E-state index contributed by atoms with van der Waals surface area (Å²) in [5.41, 5.74) is 0.142. The molecule has 3 rings (SSSR count). The maximum atomic E-state index is 10.7. The minimum absolute atomic E-state index is 0.112. The van der Waals surface area contributed by atoms with E-state index < -0.39 is 0 Å². The Morgan fingerprint density at radius 2 is 1.90 bits per heavy atom. The van der Waals surface area contributed by atoms with Gasteiger partial charge in [0.05, 0.1) is 19.3 Å². The molecule has 0 amide bonds. The van der Waals surface area contributed by atoms with Gasteiger partial charge in [-0.25, -0.2) is 0 Å². The van der Waals surface area contributed by atoms with Crippen LogP contribution in [0.3, 0.4) is 0 Å². The summed E-state index contributed by atoms with van der Waals surface area (Å²) < 4.78 is 11.9. The number of ether oxygens (including phenoxy) is 2. The lowest BCUT2D eigenvalue weighted by molar-refractivity contribution is -0.228. The molecule has 1 saturated heterocycles. The Bertz CT molecular complexity index is 335. The maximum absolute atomic E-state index is 10.7. The van der Waals surface area contributed by atoms with E-state index in [4.69, 9.17) is 9.47 Å². The molecule has 3 aliphatic rings. The predicted octanol–water partition coefficient (Wildman–Crippen LogP) is 3.50. The maximum Gasteiger partial charge on any atom is 0.168 e. The smallest absolute Gasteiger partial charge is 0.168 e. The van der Waals surface area contributed by atoms with Crippen LogP contribution in [-0.4, -0.2) is 30.2 Å². The van der Waals surface area contributed by atoms with Crippen molar-refractivity contribution in [2.45, 2.75) is 77.1 Å². The summed E-state index contributed by atoms with van der Waals surface area (Å²) in [5.74, 6) is 0.995. The Morgan fingerprint density at radius 1 is 1.15 bits per heavy atom. The zero-order chi connectivity index (χ0) is 14.2. The number of rotatable bonds is 3. The summed E-state index contributed by atoms with van der Waals surface area (Å²) in [6.45, 7) is 6.06. The van der Waals surface area contributed by atoms with Crippen LogP contribution >= 0.6 is 0 Å². The molecule has 2 saturated carbocycles. The van der Waals surface area contributed by atoms with Gasteiger partial charge in [0.2, 0.25) is 0 Å². The molecule has 0 aromatic carbocycles. The molecule has 116 valence electrons. The topological polar surface area (TPSA) is 38.7 Å². The van der Waals surface area contributed by atoms with Gasteiger partial charge in [-0.15, -0.1) is 0 Å². The van der Waals surface area contributed by atoms with Crippen LogP contribution in [0.25, 0.3) is 0 Å². The second-order valence-electron chi connectivity index (χ2n) is 7.62. The largest absolute Gasteiger partial charge is 0.393 e. The van der Waals surface area contributed by atoms with Gasteiger partial charge >= 0.3 is 0 Å². The van der Waals surface area contributed by atoms with Gasteiger partial charge < -0.3 is 14.6 Å². The first-order chi connectivity index (χ1) is 9.56. The first-order valence-electron chi connectivity index (χ1n) is 8.52. The van der Waals surface area contributed by atoms with Crippen LogP contribution in [0.1, 0.15) is 65.2 Å². The van der Waals surface area contributed by atoms with Crippen LogP contribution in [0.4, 0.5) is 0 Å². The molecule has 2 aliphatic carbocycles. The Morgan fingerprint density at radius 3 is 2.60 bits per heavy atom. The molecule has 0 aromatic rings. The summed E-state index contributed by atoms with van der Waals surface area (Å²) in [6, 6.07) is 0. The SMILES string of the molecule is CC(C)CC[C@@]12CCC3(C[C@H]1CCC[C@H]2O)OCCO3. The van der Waals surface area contributed by atoms with Gasteiger partial charge in [0, 0.05) is 12.8 Å². The van der Waals surface area contributed by atoms with E-state index in [9.17, 15) is 5.11 Å². The third-order valence-corrected chi connectivity index (χ3v) is 6.04. The summed E-state index contributed by atoms with van der Waals surface area (Å²) in [5, 5.41) is 10.7. The zero-order valence-corrected chi connectivity index (χ0v) is 13.1. The number of aliphatic hydroxyl groups is 1. The molecule has 3 nitrogen and oxygen atoms in total. The van der Waals surface area contributed by atoms with E-state index in [1.165, 1.54) is 19.3 Å². The Labute approximate surface area is 123 Å². The highest BCUT2D eigenvalue weighted by atomic mass is 16.7. The van der Waals surface area contributed by atoms with E-state index in [2.05, 4.69) is 13.8 Å². The summed E-state index contributed by atoms with van der Waals surface area (Å²) >= 11 is 0. The Balaban J connectivity index is 1.77. The molecule has 0 unspecified atom stereocenters. The highest BCUT2D eigenvalue weighted by molar-refractivity contribution is 5.02. The molecular weight excluding hydrogens is 252 g/mol. The lowest BCUT2D eigenvalue weighted by atomic mass is 9.55. The van der Waals surface area contributed by atoms with Crippen LogP contribution in [0.2, 0.25) is 0 Å². The van der Waals surface area contributed by atoms with Crippen molar-refractivity contribution in [3.8, 4) is 0 Å². The molecule has 1 N–H and O–H groups in total. The normalized spacial score (nSPS) is 40.2. The molecule has 3 fully saturated rings. The standard InChI is InChI=1S/C17H30O3/c1-13(2)6-7-16-8-9-17(19-10-11-20-17)12-14(16)4-3-5-15(16)18/h13-15,18H,3-12H2,1-2H3/t14-,15-,16-/m1/s1. The molecule has 0 bridgehead atoms. The van der Waals surface area contributed by atoms with E-state index in [0.29, 0.717) is 11.8 Å². The highest BCUT2D eigenvalue weighted by Crippen LogP contribution is 2.57. The van der Waals surface area contributed by atoms with Crippen molar-refractivity contribution in [2.24, 2.45) is 17.3 Å². The molecule has 3 atom stereocenters. The van der Waals surface area contributed by atoms with Crippen molar-refractivity contribution in [1.29, 1.82) is 0 Å². The fraction of sp³-hybridized carbons (Fsp3) is 1.00. The first-order valence-corrected chi connectivity index (χ1v) is 8.52. The molecule has 0 aromatic heterocycles. The van der Waals surface area contributed by atoms with Crippen LogP contribution in [-0.2, 0) is 9.47 Å². The van der Waals surface area contributed by atoms with Crippen LogP contribution in [0.5, 0.6) is 0 Å². The van der Waals surface area contributed by atoms with Crippen molar-refractivity contribution in [3.63, 3.8) is 0 Å². The highest BCUT2D eigenvalue weighted by Gasteiger charge is 2.55. The van der Waals surface area contributed by atoms with Gasteiger partial charge in [-0.05, 0) is 42.9 Å². The lowest BCUT2D eigenvalue weighted by Gasteiger charge is -2.54. The molecule has 1 heterocycles. The number of aliphatic hydroxyl groups excluding tert-OH is 1. The average molecular weight is 282 g/mol. The van der Waals surface area contributed by atoms with Gasteiger partial charge in [-0.2, -0.15) is 0 Å². The van der Waals surface area contributed by atoms with Crippen molar-refractivity contribution in [3.05, 3.63) is 0 Å². The molecular formula is C17H30O3. The number of fused-ring (bicyclic) bond motifs is 1. The second-order valence-corrected chi connectivity index (χ2v) is 7.62. The monoisotopic (exact) mass is 282 g/mol. The van der Waals surface area contributed by atoms with Crippen LogP contribution in [0, 0.1) is 17.3 Å². The fourth-order valence-corrected chi connectivity index (χ4v) is 4.79. The first kappa shape index (κ1) is 14.8. The fourth-order valence-electron chi connectivity index (χ4n) is 4.79. The van der Waals surface area contributed by atoms with Crippen molar-refractivity contribution in [1.82, 2.24) is 0 Å². The van der Waals surface area contributed by atoms with Gasteiger partial charge in [0.25, 0.3) is 0 Å². The van der Waals surface area contributed by atoms with Crippen molar-refractivity contribution in [2.75, 3.05) is 13.2 Å². The van der Waals surface area contributed by atoms with Gasteiger partial charge in [0.15, 0.2) is 5.79 Å². The summed E-state index contributed by atoms with van der Waals surface area (Å²) in [6.07, 6.45) is 8.72. The predicted molar refractivity (Wildman–Crippen MR) is 78.3 cm³/mol. The van der Waals surface area contributed by atoms with Crippen LogP contribution in [0.15, 0.2) is 0 Å². The number of hydrogen-bond donors (Lipinski definition) is 1. The quantitative estimate of drug-likeness (QED) is 0.861. The Hall–Kier alpha value is -0.120. The molecule has 3 heteroatoms. The Kier molecular flexibility index (Phi) is 4.13. The number of hydrogen-bond acceptors (Lipinski definition) is 3. The molecule has 1 aliphatic heterocycles. The second kappa shape index (κ2) is 5.58. The van der Waals surface area contributed by atoms with Gasteiger partial charge in [-0.3, -0.25) is 0 Å². The molecule has 20 heavy (non-hydrogen) atoms. The molecule has 1 spiro atoms. The van der Waals surface area contributed by atoms with E-state index in [1.54, 1.807) is 0 Å². The van der Waals surface area contributed by atoms with E-state index in [0.717, 1.165) is 45.3 Å². The lowest BCUT2D eigenvalue weighted by Crippen LogP contribution is -2.53. The van der Waals surface area contributed by atoms with Crippen molar-refractivity contribution >= 4 is 0 Å². The van der Waals surface area contributed by atoms with Crippen molar-refractivity contribution < 1.29 is 14.6 Å². The summed E-state index contributed by atoms with van der Waals surface area (Å²) in [4.78, 5) is 0. The average Bonchev–Trinajstić information content (AvgIpc) is 2.86. The third-order valence-electron chi connectivity index (χ3n) is 6.04. The van der Waals surface area contributed by atoms with E-state index >= 15 is 0 Å². The summed E-state index contributed by atoms with van der Waals surface area (Å²) in [7, 11) is 0. The minimum Gasteiger partial charge on any atom is -0.393 e. The van der Waals surface area contributed by atoms with E-state index in [1.807, 2.05) is 0 Å².